The Balaban J connectivity index is 1.27. The first-order chi connectivity index (χ1) is 15.9. The number of pyridine rings is 1. The van der Waals surface area contributed by atoms with Crippen LogP contribution in [0.4, 0.5) is 11.4 Å². The minimum absolute atomic E-state index is 0.121. The van der Waals surface area contributed by atoms with Gasteiger partial charge >= 0.3 is 0 Å². The van der Waals surface area contributed by atoms with E-state index in [0.29, 0.717) is 31.5 Å². The van der Waals surface area contributed by atoms with E-state index in [9.17, 15) is 13.2 Å². The average Bonchev–Trinajstić information content (AvgIpc) is 3.41. The summed E-state index contributed by atoms with van der Waals surface area (Å²) < 4.78 is 30.9. The molecule has 4 aromatic rings. The molecule has 4 heterocycles. The molecule has 0 saturated carbocycles. The number of fused-ring (bicyclic) bond motifs is 1. The summed E-state index contributed by atoms with van der Waals surface area (Å²) in [5.74, 6) is 0.121. The van der Waals surface area contributed by atoms with E-state index in [1.165, 1.54) is 0 Å². The first kappa shape index (κ1) is 20.0. The lowest BCUT2D eigenvalue weighted by atomic mass is 10.00. The molecule has 2 aromatic heterocycles. The number of nitrogens with zero attached hydrogens (tertiary/aromatic N) is 3. The number of carbonyl (C=O) groups is 1. The van der Waals surface area contributed by atoms with Gasteiger partial charge in [-0.1, -0.05) is 12.1 Å². The summed E-state index contributed by atoms with van der Waals surface area (Å²) in [7, 11) is -3.75. The van der Waals surface area contributed by atoms with E-state index in [4.69, 9.17) is 0 Å². The number of rotatable bonds is 4. The summed E-state index contributed by atoms with van der Waals surface area (Å²) in [5.41, 5.74) is 7.01. The standard InChI is InChI=1S/C25H22N4O3S/c1-16-8-10-28-15-22(26-23(28)12-16)17-2-5-20(6-3-17)27-33(31,32)21-13-18-4-7-24(30)29-11-9-19(14-21)25(18)29/h2-3,5-6,8,10,12-15,27H,4,7,9,11H2,1H3. The Hall–Kier alpha value is -3.65. The van der Waals surface area contributed by atoms with E-state index in [0.717, 1.165) is 39.3 Å². The van der Waals surface area contributed by atoms with Crippen LogP contribution in [-0.2, 0) is 27.7 Å². The molecule has 6 rings (SSSR count). The summed E-state index contributed by atoms with van der Waals surface area (Å²) in [4.78, 5) is 18.8. The molecule has 0 bridgehead atoms. The molecule has 0 saturated heterocycles. The maximum Gasteiger partial charge on any atom is 0.261 e. The molecule has 0 unspecified atom stereocenters. The zero-order chi connectivity index (χ0) is 22.7. The van der Waals surface area contributed by atoms with Crippen LogP contribution in [0.3, 0.4) is 0 Å². The van der Waals surface area contributed by atoms with Crippen molar-refractivity contribution >= 4 is 33.0 Å². The number of carbonyl (C=O) groups excluding carboxylic acids is 1. The molecule has 0 atom stereocenters. The highest BCUT2D eigenvalue weighted by atomic mass is 32.2. The Morgan fingerprint density at radius 1 is 0.970 bits per heavy atom. The largest absolute Gasteiger partial charge is 0.312 e. The summed E-state index contributed by atoms with van der Waals surface area (Å²) in [6, 6.07) is 14.7. The summed E-state index contributed by atoms with van der Waals surface area (Å²) in [5, 5.41) is 0. The Labute approximate surface area is 191 Å². The van der Waals surface area contributed by atoms with E-state index in [1.54, 1.807) is 29.2 Å². The van der Waals surface area contributed by atoms with Crippen molar-refractivity contribution < 1.29 is 13.2 Å². The van der Waals surface area contributed by atoms with E-state index < -0.39 is 10.0 Å². The molecule has 8 heteroatoms. The highest BCUT2D eigenvalue weighted by molar-refractivity contribution is 7.92. The molecule has 2 aliphatic rings. The zero-order valence-electron chi connectivity index (χ0n) is 18.1. The van der Waals surface area contributed by atoms with Crippen molar-refractivity contribution in [3.63, 3.8) is 0 Å². The molecule has 166 valence electrons. The summed E-state index contributed by atoms with van der Waals surface area (Å²) in [6.45, 7) is 2.66. The Kier molecular flexibility index (Phi) is 4.35. The minimum atomic E-state index is -3.75. The molecule has 1 amide bonds. The number of sulfonamides is 1. The number of benzene rings is 2. The lowest BCUT2D eigenvalue weighted by molar-refractivity contribution is -0.118. The van der Waals surface area contributed by atoms with Gasteiger partial charge in [0.2, 0.25) is 5.91 Å². The fourth-order valence-corrected chi connectivity index (χ4v) is 5.89. The number of anilines is 2. The predicted octanol–water partition coefficient (Wildman–Crippen LogP) is 3.95. The van der Waals surface area contributed by atoms with E-state index >= 15 is 0 Å². The second-order valence-corrected chi connectivity index (χ2v) is 10.3. The van der Waals surface area contributed by atoms with Crippen molar-refractivity contribution in [2.45, 2.75) is 31.1 Å². The van der Waals surface area contributed by atoms with Gasteiger partial charge in [-0.15, -0.1) is 0 Å². The third kappa shape index (κ3) is 3.38. The van der Waals surface area contributed by atoms with Gasteiger partial charge in [0.15, 0.2) is 0 Å². The first-order valence-electron chi connectivity index (χ1n) is 10.9. The van der Waals surface area contributed by atoms with E-state index in [2.05, 4.69) is 9.71 Å². The van der Waals surface area contributed by atoms with Crippen LogP contribution in [0.15, 0.2) is 65.8 Å². The van der Waals surface area contributed by atoms with E-state index in [1.807, 2.05) is 48.0 Å². The summed E-state index contributed by atoms with van der Waals surface area (Å²) in [6.07, 6.45) is 5.62. The molecule has 0 aliphatic carbocycles. The molecule has 2 aliphatic heterocycles. The van der Waals surface area contributed by atoms with Crippen LogP contribution in [0.25, 0.3) is 16.9 Å². The van der Waals surface area contributed by atoms with Crippen LogP contribution in [0.1, 0.15) is 23.1 Å². The van der Waals surface area contributed by atoms with Crippen molar-refractivity contribution in [1.29, 1.82) is 0 Å². The van der Waals surface area contributed by atoms with Gasteiger partial charge in [0.25, 0.3) is 10.0 Å². The predicted molar refractivity (Wildman–Crippen MR) is 127 cm³/mol. The number of imidazole rings is 1. The molecular formula is C25H22N4O3S. The third-order valence-electron chi connectivity index (χ3n) is 6.38. The van der Waals surface area contributed by atoms with Crippen molar-refractivity contribution in [3.8, 4) is 11.3 Å². The average molecular weight is 459 g/mol. The smallest absolute Gasteiger partial charge is 0.261 e. The van der Waals surface area contributed by atoms with Gasteiger partial charge in [-0.05, 0) is 72.9 Å². The van der Waals surface area contributed by atoms with Gasteiger partial charge in [-0.3, -0.25) is 9.52 Å². The fraction of sp³-hybridized carbons (Fsp3) is 0.200. The number of hydrogen-bond donors (Lipinski definition) is 1. The molecule has 7 nitrogen and oxygen atoms in total. The van der Waals surface area contributed by atoms with Crippen LogP contribution in [0.2, 0.25) is 0 Å². The highest BCUT2D eigenvalue weighted by Gasteiger charge is 2.32. The van der Waals surface area contributed by atoms with Gasteiger partial charge in [0.1, 0.15) is 5.65 Å². The molecule has 0 radical (unpaired) electrons. The van der Waals surface area contributed by atoms with Crippen LogP contribution < -0.4 is 9.62 Å². The van der Waals surface area contributed by atoms with Crippen LogP contribution in [-0.4, -0.2) is 30.3 Å². The van der Waals surface area contributed by atoms with Gasteiger partial charge in [-0.25, -0.2) is 13.4 Å². The Morgan fingerprint density at radius 3 is 2.52 bits per heavy atom. The lowest BCUT2D eigenvalue weighted by Crippen LogP contribution is -2.33. The number of amides is 1. The molecule has 2 aromatic carbocycles. The molecule has 1 N–H and O–H groups in total. The van der Waals surface area contributed by atoms with Crippen LogP contribution >= 0.6 is 0 Å². The quantitative estimate of drug-likeness (QED) is 0.502. The van der Waals surface area contributed by atoms with Crippen molar-refractivity contribution in [2.75, 3.05) is 16.2 Å². The maximum atomic E-state index is 13.1. The fourth-order valence-electron chi connectivity index (χ4n) is 4.73. The maximum absolute atomic E-state index is 13.1. The molecule has 0 fully saturated rings. The lowest BCUT2D eigenvalue weighted by Gasteiger charge is -2.25. The topological polar surface area (TPSA) is 83.8 Å². The van der Waals surface area contributed by atoms with Gasteiger partial charge in [0.05, 0.1) is 16.3 Å². The number of aromatic nitrogens is 2. The van der Waals surface area contributed by atoms with Crippen LogP contribution in [0.5, 0.6) is 0 Å². The SMILES string of the molecule is Cc1ccn2cc(-c3ccc(NS(=O)(=O)c4cc5c6c(c4)CCN6C(=O)CC5)cc3)nc2c1. The van der Waals surface area contributed by atoms with E-state index in [-0.39, 0.29) is 10.8 Å². The van der Waals surface area contributed by atoms with Crippen LogP contribution in [0, 0.1) is 6.92 Å². The number of aryl methyl sites for hydroxylation is 2. The second kappa shape index (κ2) is 7.18. The molecule has 0 spiro atoms. The van der Waals surface area contributed by atoms with Gasteiger partial charge < -0.3 is 9.30 Å². The van der Waals surface area contributed by atoms with Crippen molar-refractivity contribution in [1.82, 2.24) is 9.38 Å². The first-order valence-corrected chi connectivity index (χ1v) is 12.4. The zero-order valence-corrected chi connectivity index (χ0v) is 18.9. The Morgan fingerprint density at radius 2 is 1.73 bits per heavy atom. The monoisotopic (exact) mass is 458 g/mol. The Bertz CT molecular complexity index is 1540. The van der Waals surface area contributed by atoms with Gasteiger partial charge in [0, 0.05) is 36.6 Å². The highest BCUT2D eigenvalue weighted by Crippen LogP contribution is 2.38. The van der Waals surface area contributed by atoms with Crippen molar-refractivity contribution in [2.24, 2.45) is 0 Å². The number of hydrogen-bond acceptors (Lipinski definition) is 4. The number of nitrogens with one attached hydrogen (secondary N) is 1. The molecular weight excluding hydrogens is 436 g/mol. The minimum Gasteiger partial charge on any atom is -0.312 e. The molecule has 33 heavy (non-hydrogen) atoms. The summed E-state index contributed by atoms with van der Waals surface area (Å²) >= 11 is 0. The normalized spacial score (nSPS) is 15.2. The second-order valence-electron chi connectivity index (χ2n) is 8.66. The third-order valence-corrected chi connectivity index (χ3v) is 7.74. The van der Waals surface area contributed by atoms with Gasteiger partial charge in [-0.2, -0.15) is 0 Å². The van der Waals surface area contributed by atoms with Crippen molar-refractivity contribution in [3.05, 3.63) is 77.6 Å².